The zero-order valence-corrected chi connectivity index (χ0v) is 17.6. The smallest absolute Gasteiger partial charge is 0.426 e. The Labute approximate surface area is 185 Å². The minimum Gasteiger partial charge on any atom is -0.744 e. The van der Waals surface area contributed by atoms with Crippen molar-refractivity contribution in [1.29, 1.82) is 0 Å². The summed E-state index contributed by atoms with van der Waals surface area (Å²) in [4.78, 5) is 9.63. The van der Waals surface area contributed by atoms with E-state index in [2.05, 4.69) is 4.74 Å². The summed E-state index contributed by atoms with van der Waals surface area (Å²) in [6.45, 7) is -1.70. The number of phenolic OH excluding ortho intramolecular Hbond substituents is 1. The molecule has 0 aliphatic carbocycles. The van der Waals surface area contributed by atoms with E-state index in [-0.39, 0.29) is 6.07 Å². The van der Waals surface area contributed by atoms with Gasteiger partial charge in [-0.15, -0.1) is 0 Å². The molecule has 0 heterocycles. The maximum Gasteiger partial charge on any atom is 0.426 e. The SMILES string of the molecule is O=C(OCCC(O)(C(F)(F)F)C(F)(F)F)c1cc(S(=O)(=O)[O-])c2cc(O)cc(S(=O)(=O)O)c2c1. The zero-order valence-electron chi connectivity index (χ0n) is 16.0. The number of carbonyl (C=O) groups excluding carboxylic acids is 1. The Balaban J connectivity index is 2.56. The van der Waals surface area contributed by atoms with Crippen molar-refractivity contribution in [2.75, 3.05) is 6.61 Å². The Bertz CT molecular complexity index is 1330. The number of hydrogen-bond acceptors (Lipinski definition) is 9. The lowest BCUT2D eigenvalue weighted by atomic mass is 9.99. The van der Waals surface area contributed by atoms with Crippen molar-refractivity contribution >= 4 is 37.0 Å². The molecule has 18 heteroatoms. The molecule has 190 valence electrons. The van der Waals surface area contributed by atoms with Gasteiger partial charge >= 0.3 is 18.3 Å². The van der Waals surface area contributed by atoms with Gasteiger partial charge in [-0.1, -0.05) is 0 Å². The third-order valence-electron chi connectivity index (χ3n) is 4.40. The molecule has 2 aromatic rings. The lowest BCUT2D eigenvalue weighted by molar-refractivity contribution is -0.371. The summed E-state index contributed by atoms with van der Waals surface area (Å²) in [7, 11) is -10.7. The second-order valence-electron chi connectivity index (χ2n) is 6.68. The Kier molecular flexibility index (Phi) is 6.91. The quantitative estimate of drug-likeness (QED) is 0.279. The van der Waals surface area contributed by atoms with Gasteiger partial charge in [0.15, 0.2) is 0 Å². The molecule has 34 heavy (non-hydrogen) atoms. The fourth-order valence-electron chi connectivity index (χ4n) is 2.74. The summed E-state index contributed by atoms with van der Waals surface area (Å²) in [5.41, 5.74) is -6.29. The van der Waals surface area contributed by atoms with Gasteiger partial charge in [-0.05, 0) is 18.2 Å². The van der Waals surface area contributed by atoms with Crippen LogP contribution >= 0.6 is 0 Å². The average Bonchev–Trinajstić information content (AvgIpc) is 2.62. The normalized spacial score (nSPS) is 13.8. The summed E-state index contributed by atoms with van der Waals surface area (Å²) < 4.78 is 147. The first-order valence-corrected chi connectivity index (χ1v) is 11.2. The number of fused-ring (bicyclic) bond motifs is 1. The van der Waals surface area contributed by atoms with E-state index in [1.54, 1.807) is 0 Å². The van der Waals surface area contributed by atoms with Crippen molar-refractivity contribution in [1.82, 2.24) is 0 Å². The number of esters is 1. The van der Waals surface area contributed by atoms with Crippen LogP contribution in [0, 0.1) is 0 Å². The monoisotopic (exact) mass is 541 g/mol. The van der Waals surface area contributed by atoms with Crippen molar-refractivity contribution in [2.24, 2.45) is 0 Å². The molecule has 0 bridgehead atoms. The van der Waals surface area contributed by atoms with Crippen LogP contribution in [0.25, 0.3) is 10.8 Å². The molecule has 0 unspecified atom stereocenters. The third-order valence-corrected chi connectivity index (χ3v) is 6.17. The fraction of sp³-hybridized carbons (Fsp3) is 0.312. The molecule has 10 nitrogen and oxygen atoms in total. The maximum absolute atomic E-state index is 12.7. The Morgan fingerprint density at radius 3 is 1.85 bits per heavy atom. The zero-order chi connectivity index (χ0) is 26.5. The van der Waals surface area contributed by atoms with Crippen LogP contribution in [-0.2, 0) is 25.0 Å². The molecule has 0 saturated heterocycles. The maximum atomic E-state index is 12.7. The Morgan fingerprint density at radius 2 is 1.41 bits per heavy atom. The number of benzene rings is 2. The molecule has 0 saturated carbocycles. The topological polar surface area (TPSA) is 178 Å². The highest BCUT2D eigenvalue weighted by atomic mass is 32.2. The van der Waals surface area contributed by atoms with Crippen molar-refractivity contribution in [3.05, 3.63) is 29.8 Å². The van der Waals surface area contributed by atoms with Gasteiger partial charge in [0.2, 0.25) is 0 Å². The molecule has 0 spiro atoms. The molecule has 0 amide bonds. The molecule has 0 aliphatic rings. The van der Waals surface area contributed by atoms with Gasteiger partial charge in [0.1, 0.15) is 20.8 Å². The van der Waals surface area contributed by atoms with Crippen molar-refractivity contribution < 1.29 is 72.0 Å². The van der Waals surface area contributed by atoms with Crippen LogP contribution in [0.15, 0.2) is 34.1 Å². The number of hydrogen-bond donors (Lipinski definition) is 3. The first-order valence-electron chi connectivity index (χ1n) is 8.37. The van der Waals surface area contributed by atoms with E-state index in [4.69, 9.17) is 5.11 Å². The van der Waals surface area contributed by atoms with E-state index < -0.39 is 89.1 Å². The van der Waals surface area contributed by atoms with Gasteiger partial charge in [0, 0.05) is 23.3 Å². The van der Waals surface area contributed by atoms with Gasteiger partial charge in [-0.2, -0.15) is 34.8 Å². The number of aromatic hydroxyl groups is 1. The summed E-state index contributed by atoms with van der Waals surface area (Å²) in [6.07, 6.45) is -14.6. The van der Waals surface area contributed by atoms with Crippen LogP contribution in [0.3, 0.4) is 0 Å². The summed E-state index contributed by atoms with van der Waals surface area (Å²) >= 11 is 0. The predicted molar refractivity (Wildman–Crippen MR) is 95.3 cm³/mol. The fourth-order valence-corrected chi connectivity index (χ4v) is 4.16. The predicted octanol–water partition coefficient (Wildman–Crippen LogP) is 2.10. The number of carbonyl (C=O) groups is 1. The second kappa shape index (κ2) is 8.52. The van der Waals surface area contributed by atoms with Gasteiger partial charge in [-0.3, -0.25) is 4.55 Å². The van der Waals surface area contributed by atoms with E-state index in [0.717, 1.165) is 0 Å². The molecular formula is C16H11F6O10S2-. The van der Waals surface area contributed by atoms with Gasteiger partial charge in [-0.25, -0.2) is 13.2 Å². The van der Waals surface area contributed by atoms with E-state index in [0.29, 0.717) is 18.2 Å². The summed E-state index contributed by atoms with van der Waals surface area (Å²) in [6, 6.07) is 1.74. The molecule has 0 aliphatic heterocycles. The van der Waals surface area contributed by atoms with Crippen molar-refractivity contribution in [3.8, 4) is 5.75 Å². The molecule has 2 rings (SSSR count). The minimum absolute atomic E-state index is 0.264. The van der Waals surface area contributed by atoms with E-state index in [1.165, 1.54) is 0 Å². The third kappa shape index (κ3) is 5.35. The van der Waals surface area contributed by atoms with Gasteiger partial charge in [0.25, 0.3) is 15.7 Å². The van der Waals surface area contributed by atoms with Crippen LogP contribution < -0.4 is 0 Å². The average molecular weight is 541 g/mol. The van der Waals surface area contributed by atoms with Gasteiger partial charge < -0.3 is 19.5 Å². The standard InChI is InChI=1S/C16H12F6O10S2/c17-15(18,19)14(25,16(20,21)22)1-2-32-13(24)7-3-9-10(11(4-7)33(26,27)28)5-8(23)6-12(9)34(29,30)31/h3-6,23,25H,1-2H2,(H,26,27,28)(H,29,30,31)/p-1. The molecule has 0 fully saturated rings. The molecule has 0 atom stereocenters. The highest BCUT2D eigenvalue weighted by Gasteiger charge is 2.70. The molecule has 0 aromatic heterocycles. The number of phenols is 1. The van der Waals surface area contributed by atoms with Crippen molar-refractivity contribution in [3.63, 3.8) is 0 Å². The number of rotatable bonds is 6. The van der Waals surface area contributed by atoms with Crippen LogP contribution in [0.5, 0.6) is 5.75 Å². The van der Waals surface area contributed by atoms with E-state index in [9.17, 15) is 62.2 Å². The van der Waals surface area contributed by atoms with Crippen LogP contribution in [0.2, 0.25) is 0 Å². The highest BCUT2D eigenvalue weighted by Crippen LogP contribution is 2.45. The first-order chi connectivity index (χ1) is 15.1. The van der Waals surface area contributed by atoms with E-state index in [1.807, 2.05) is 0 Å². The molecule has 3 N–H and O–H groups in total. The summed E-state index contributed by atoms with van der Waals surface area (Å²) in [5.74, 6) is -2.74. The number of alkyl halides is 6. The number of aliphatic hydroxyl groups is 1. The lowest BCUT2D eigenvalue weighted by Gasteiger charge is -2.32. The van der Waals surface area contributed by atoms with Gasteiger partial charge in [0.05, 0.1) is 17.1 Å². The lowest BCUT2D eigenvalue weighted by Crippen LogP contribution is -2.57. The van der Waals surface area contributed by atoms with E-state index >= 15 is 0 Å². The number of halogens is 6. The Morgan fingerprint density at radius 1 is 0.912 bits per heavy atom. The highest BCUT2D eigenvalue weighted by molar-refractivity contribution is 7.86. The van der Waals surface area contributed by atoms with Crippen LogP contribution in [0.1, 0.15) is 16.8 Å². The Hall–Kier alpha value is -2.67. The number of ether oxygens (including phenoxy) is 1. The minimum atomic E-state index is -6.21. The van der Waals surface area contributed by atoms with Crippen molar-refractivity contribution in [2.45, 2.75) is 34.2 Å². The molecule has 2 aromatic carbocycles. The summed E-state index contributed by atoms with van der Waals surface area (Å²) in [5, 5.41) is 17.0. The largest absolute Gasteiger partial charge is 0.744 e. The second-order valence-corrected chi connectivity index (χ2v) is 9.42. The molecular weight excluding hydrogens is 530 g/mol. The van der Waals surface area contributed by atoms with Crippen LogP contribution in [0.4, 0.5) is 26.3 Å². The van der Waals surface area contributed by atoms with Crippen LogP contribution in [-0.4, -0.2) is 66.7 Å². The first kappa shape index (κ1) is 27.6. The molecule has 0 radical (unpaired) electrons.